The summed E-state index contributed by atoms with van der Waals surface area (Å²) in [6.45, 7) is -1.14. The maximum Gasteiger partial charge on any atom is 0.522 e. The maximum absolute atomic E-state index is 13.1. The number of halogens is 5. The van der Waals surface area contributed by atoms with E-state index >= 15 is 0 Å². The van der Waals surface area contributed by atoms with Crippen LogP contribution in [0.1, 0.15) is 47.3 Å². The molecule has 5 aromatic rings. The molecule has 0 spiro atoms. The lowest BCUT2D eigenvalue weighted by molar-refractivity contribution is -0.352. The zero-order valence-corrected chi connectivity index (χ0v) is 20.9. The first-order chi connectivity index (χ1) is 19.5. The van der Waals surface area contributed by atoms with E-state index in [-0.39, 0.29) is 41.7 Å². The van der Waals surface area contributed by atoms with Crippen LogP contribution in [0.4, 0.5) is 27.6 Å². The second-order valence-electron chi connectivity index (χ2n) is 9.29. The SMILES string of the molecule is Cc1ncc(-c2noc(C3CC(OC(F)(F)F)C3)n2)cc1NC(=O)c1cnn2cc(-c3cn(C(F)F)nn3)ccc12. The highest BCUT2D eigenvalue weighted by atomic mass is 19.4. The van der Waals surface area contributed by atoms with Gasteiger partial charge in [0.1, 0.15) is 5.69 Å². The summed E-state index contributed by atoms with van der Waals surface area (Å²) in [7, 11) is 0. The molecular weight excluding hydrogens is 557 g/mol. The van der Waals surface area contributed by atoms with Gasteiger partial charge in [-0.1, -0.05) is 10.4 Å². The Hall–Kier alpha value is -4.80. The quantitative estimate of drug-likeness (QED) is 0.272. The van der Waals surface area contributed by atoms with Gasteiger partial charge in [-0.25, -0.2) is 4.52 Å². The molecule has 212 valence electrons. The number of amides is 1. The van der Waals surface area contributed by atoms with Gasteiger partial charge < -0.3 is 9.84 Å². The standard InChI is InChI=1S/C24H18F5N9O3/c1-11-17(6-14(7-30-11)20-33-22(41-35-20)13-4-15(5-13)40-24(27,28)29)32-21(39)16-8-31-37-9-12(2-3-19(16)37)18-10-38(23(25)26)36-34-18/h2-3,6-10,13,15,23H,4-5H2,1H3,(H,32,39). The molecule has 0 aliphatic heterocycles. The molecule has 0 atom stereocenters. The summed E-state index contributed by atoms with van der Waals surface area (Å²) in [5.41, 5.74) is 2.65. The lowest BCUT2D eigenvalue weighted by atomic mass is 9.82. The Labute approximate surface area is 226 Å². The van der Waals surface area contributed by atoms with Crippen LogP contribution >= 0.6 is 0 Å². The molecule has 0 saturated heterocycles. The minimum absolute atomic E-state index is 0.103. The Morgan fingerprint density at radius 2 is 1.98 bits per heavy atom. The number of hydrogen-bond donors (Lipinski definition) is 1. The molecule has 1 N–H and O–H groups in total. The normalized spacial score (nSPS) is 17.2. The third-order valence-electron chi connectivity index (χ3n) is 6.55. The second-order valence-corrected chi connectivity index (χ2v) is 9.29. The van der Waals surface area contributed by atoms with Crippen molar-refractivity contribution in [3.05, 3.63) is 60.1 Å². The average Bonchev–Trinajstić information content (AvgIpc) is 3.66. The van der Waals surface area contributed by atoms with Crippen molar-refractivity contribution in [2.24, 2.45) is 0 Å². The molecule has 0 aromatic carbocycles. The van der Waals surface area contributed by atoms with Crippen LogP contribution in [0.5, 0.6) is 0 Å². The summed E-state index contributed by atoms with van der Waals surface area (Å²) >= 11 is 0. The number of carbonyl (C=O) groups is 1. The molecule has 6 rings (SSSR count). The van der Waals surface area contributed by atoms with Gasteiger partial charge in [-0.05, 0) is 38.0 Å². The molecule has 0 radical (unpaired) electrons. The minimum atomic E-state index is -4.70. The van der Waals surface area contributed by atoms with Crippen LogP contribution in [0.15, 0.2) is 47.5 Å². The highest BCUT2D eigenvalue weighted by Crippen LogP contribution is 2.41. The van der Waals surface area contributed by atoms with Gasteiger partial charge >= 0.3 is 12.9 Å². The molecule has 5 heterocycles. The number of aryl methyl sites for hydroxylation is 1. The van der Waals surface area contributed by atoms with Crippen LogP contribution in [-0.2, 0) is 4.74 Å². The third-order valence-corrected chi connectivity index (χ3v) is 6.55. The van der Waals surface area contributed by atoms with Crippen LogP contribution in [-0.4, -0.2) is 58.1 Å². The first-order valence-corrected chi connectivity index (χ1v) is 12.1. The summed E-state index contributed by atoms with van der Waals surface area (Å²) in [6.07, 6.45) is 0.0322. The molecule has 1 fully saturated rings. The first-order valence-electron chi connectivity index (χ1n) is 12.1. The van der Waals surface area contributed by atoms with Crippen LogP contribution in [0, 0.1) is 6.92 Å². The highest BCUT2D eigenvalue weighted by Gasteiger charge is 2.42. The second kappa shape index (κ2) is 9.99. The van der Waals surface area contributed by atoms with Gasteiger partial charge in [0.15, 0.2) is 0 Å². The largest absolute Gasteiger partial charge is 0.522 e. The molecule has 0 bridgehead atoms. The zero-order valence-electron chi connectivity index (χ0n) is 20.9. The average molecular weight is 575 g/mol. The number of aromatic nitrogens is 8. The molecule has 5 aromatic heterocycles. The Kier molecular flexibility index (Phi) is 6.44. The van der Waals surface area contributed by atoms with E-state index in [9.17, 15) is 26.7 Å². The van der Waals surface area contributed by atoms with Crippen molar-refractivity contribution >= 4 is 17.1 Å². The van der Waals surface area contributed by atoms with E-state index in [4.69, 9.17) is 4.52 Å². The predicted octanol–water partition coefficient (Wildman–Crippen LogP) is 4.78. The Morgan fingerprint density at radius 3 is 2.71 bits per heavy atom. The number of nitrogens with one attached hydrogen (secondary N) is 1. The molecule has 41 heavy (non-hydrogen) atoms. The smallest absolute Gasteiger partial charge is 0.339 e. The first kappa shape index (κ1) is 26.4. The maximum atomic E-state index is 13.1. The van der Waals surface area contributed by atoms with Crippen molar-refractivity contribution < 1.29 is 36.0 Å². The van der Waals surface area contributed by atoms with Gasteiger partial charge in [-0.15, -0.1) is 18.3 Å². The lowest BCUT2D eigenvalue weighted by Gasteiger charge is -2.32. The number of carbonyl (C=O) groups excluding carboxylic acids is 1. The molecule has 1 saturated carbocycles. The Bertz CT molecular complexity index is 1740. The van der Waals surface area contributed by atoms with Crippen LogP contribution in [0.2, 0.25) is 0 Å². The van der Waals surface area contributed by atoms with Gasteiger partial charge in [0.2, 0.25) is 11.7 Å². The summed E-state index contributed by atoms with van der Waals surface area (Å²) in [4.78, 5) is 21.7. The predicted molar refractivity (Wildman–Crippen MR) is 129 cm³/mol. The van der Waals surface area contributed by atoms with Crippen LogP contribution in [0.25, 0.3) is 28.2 Å². The lowest BCUT2D eigenvalue weighted by Crippen LogP contribution is -2.34. The topological polar surface area (TPSA) is 138 Å². The molecule has 17 heteroatoms. The number of anilines is 1. The highest BCUT2D eigenvalue weighted by molar-refractivity contribution is 6.09. The number of rotatable bonds is 7. The van der Waals surface area contributed by atoms with Crippen molar-refractivity contribution in [2.75, 3.05) is 5.32 Å². The van der Waals surface area contributed by atoms with E-state index in [0.29, 0.717) is 32.7 Å². The van der Waals surface area contributed by atoms with E-state index in [1.54, 1.807) is 25.1 Å². The summed E-state index contributed by atoms with van der Waals surface area (Å²) in [5.74, 6) is -0.489. The zero-order chi connectivity index (χ0) is 28.9. The van der Waals surface area contributed by atoms with Crippen molar-refractivity contribution in [1.29, 1.82) is 0 Å². The van der Waals surface area contributed by atoms with Gasteiger partial charge in [0, 0.05) is 29.4 Å². The van der Waals surface area contributed by atoms with Crippen LogP contribution < -0.4 is 5.32 Å². The fourth-order valence-electron chi connectivity index (χ4n) is 4.36. The number of fused-ring (bicyclic) bond motifs is 1. The number of ether oxygens (including phenoxy) is 1. The van der Waals surface area contributed by atoms with E-state index < -0.39 is 24.9 Å². The van der Waals surface area contributed by atoms with E-state index in [1.807, 2.05) is 0 Å². The summed E-state index contributed by atoms with van der Waals surface area (Å²) in [6, 6.07) is 4.81. The summed E-state index contributed by atoms with van der Waals surface area (Å²) < 4.78 is 73.8. The molecule has 1 amide bonds. The van der Waals surface area contributed by atoms with Gasteiger partial charge in [-0.2, -0.15) is 23.5 Å². The minimum Gasteiger partial charge on any atom is -0.339 e. The number of nitrogens with zero attached hydrogens (tertiary/aromatic N) is 8. The Balaban J connectivity index is 1.17. The molecule has 1 aliphatic rings. The van der Waals surface area contributed by atoms with Gasteiger partial charge in [-0.3, -0.25) is 14.5 Å². The monoisotopic (exact) mass is 575 g/mol. The van der Waals surface area contributed by atoms with Crippen molar-refractivity contribution in [2.45, 2.75) is 44.7 Å². The Morgan fingerprint density at radius 1 is 1.17 bits per heavy atom. The van der Waals surface area contributed by atoms with Gasteiger partial charge in [0.25, 0.3) is 5.91 Å². The molecule has 12 nitrogen and oxygen atoms in total. The van der Waals surface area contributed by atoms with Crippen molar-refractivity contribution in [1.82, 2.24) is 39.7 Å². The number of pyridine rings is 2. The van der Waals surface area contributed by atoms with Crippen LogP contribution in [0.3, 0.4) is 0 Å². The molecule has 0 unspecified atom stereocenters. The van der Waals surface area contributed by atoms with E-state index in [2.05, 4.69) is 40.6 Å². The molecule has 1 aliphatic carbocycles. The van der Waals surface area contributed by atoms with E-state index in [0.717, 1.165) is 6.20 Å². The van der Waals surface area contributed by atoms with E-state index in [1.165, 1.54) is 23.1 Å². The summed E-state index contributed by atoms with van der Waals surface area (Å²) in [5, 5.41) is 18.0. The fourth-order valence-corrected chi connectivity index (χ4v) is 4.36. The van der Waals surface area contributed by atoms with Crippen molar-refractivity contribution in [3.63, 3.8) is 0 Å². The number of hydrogen-bond acceptors (Lipinski definition) is 9. The third kappa shape index (κ3) is 5.34. The number of alkyl halides is 5. The molecular formula is C24H18F5N9O3. The van der Waals surface area contributed by atoms with Gasteiger partial charge in [0.05, 0.1) is 41.0 Å². The fraction of sp³-hybridized carbons (Fsp3) is 0.292. The van der Waals surface area contributed by atoms with Crippen molar-refractivity contribution in [3.8, 4) is 22.6 Å².